The monoisotopic (exact) mass is 102 g/mol. The lowest BCUT2D eigenvalue weighted by atomic mass is 10.4. The molecule has 0 aliphatic carbocycles. The van der Waals surface area contributed by atoms with Crippen molar-refractivity contribution in [2.45, 2.75) is 12.8 Å². The molecule has 7 heavy (non-hydrogen) atoms. The molecule has 0 heterocycles. The minimum atomic E-state index is 0.363. The first-order valence-electron chi connectivity index (χ1n) is 1.95. The van der Waals surface area contributed by atoms with E-state index in [9.17, 15) is 4.79 Å². The third-order valence-corrected chi connectivity index (χ3v) is 0.470. The van der Waals surface area contributed by atoms with E-state index in [4.69, 9.17) is 5.26 Å². The topological polar surface area (TPSA) is 51.4 Å². The van der Waals surface area contributed by atoms with Crippen LogP contribution in [-0.4, -0.2) is 12.6 Å². The van der Waals surface area contributed by atoms with Crippen LogP contribution in [0, 0.1) is 0 Å². The van der Waals surface area contributed by atoms with E-state index >= 15 is 0 Å². The van der Waals surface area contributed by atoms with Crippen LogP contribution in [0.3, 0.4) is 0 Å². The molecule has 3 heteroatoms. The van der Waals surface area contributed by atoms with Crippen molar-refractivity contribution in [2.24, 2.45) is 0 Å². The molecule has 0 saturated carbocycles. The Morgan fingerprint density at radius 2 is 2.29 bits per heavy atom. The van der Waals surface area contributed by atoms with E-state index in [-0.39, 0.29) is 0 Å². The molecule has 0 saturated heterocycles. The summed E-state index contributed by atoms with van der Waals surface area (Å²) in [5, 5.41) is 9.13. The van der Waals surface area contributed by atoms with Crippen molar-refractivity contribution in [3.05, 3.63) is 0 Å². The molecule has 0 aliphatic heterocycles. The van der Waals surface area contributed by atoms with Crippen LogP contribution in [0.25, 0.3) is 0 Å². The molecule has 0 rings (SSSR count). The molecule has 0 spiro atoms. The molecule has 0 atom stereocenters. The Morgan fingerprint density at radius 3 is 2.71 bits per heavy atom. The SMILES string of the molecule is O=CCCC=[O+][O-]. The van der Waals surface area contributed by atoms with Gasteiger partial charge in [0.25, 0.3) is 0 Å². The minimum absolute atomic E-state index is 0.363. The molecule has 0 bridgehead atoms. The molecule has 0 N–H and O–H groups in total. The molecule has 0 unspecified atom stereocenters. The highest BCUT2D eigenvalue weighted by Gasteiger charge is 1.82. The van der Waals surface area contributed by atoms with Crippen LogP contribution < -0.4 is 5.26 Å². The van der Waals surface area contributed by atoms with Gasteiger partial charge in [0.05, 0.1) is 6.42 Å². The second-order valence-corrected chi connectivity index (χ2v) is 1.01. The number of aldehydes is 2. The lowest BCUT2D eigenvalue weighted by Crippen LogP contribution is -1.96. The van der Waals surface area contributed by atoms with Crippen LogP contribution in [-0.2, 0) is 9.37 Å². The first-order valence-corrected chi connectivity index (χ1v) is 1.95. The normalized spacial score (nSPS) is 9.71. The zero-order valence-electron chi connectivity index (χ0n) is 3.79. The third kappa shape index (κ3) is 5.14. The number of hydrogen-bond donors (Lipinski definition) is 0. The molecule has 0 radical (unpaired) electrons. The second kappa shape index (κ2) is 5.14. The Labute approximate surface area is 41.2 Å². The summed E-state index contributed by atoms with van der Waals surface area (Å²) < 4.78 is 3.31. The van der Waals surface area contributed by atoms with Gasteiger partial charge in [0.15, 0.2) is 0 Å². The Morgan fingerprint density at radius 1 is 1.57 bits per heavy atom. The molecule has 0 aliphatic rings. The summed E-state index contributed by atoms with van der Waals surface area (Å²) in [7, 11) is 0. The van der Waals surface area contributed by atoms with Crippen molar-refractivity contribution in [1.82, 2.24) is 0 Å². The number of carbonyl (C=O) groups excluding carboxylic acids is 2. The maximum absolute atomic E-state index is 9.50. The summed E-state index contributed by atoms with van der Waals surface area (Å²) >= 11 is 0. The summed E-state index contributed by atoms with van der Waals surface area (Å²) in [5.74, 6) is 0. The average molecular weight is 102 g/mol. The van der Waals surface area contributed by atoms with Crippen LogP contribution in [0.5, 0.6) is 0 Å². The number of carbonyl (C=O) groups is 1. The molecule has 0 amide bonds. The van der Waals surface area contributed by atoms with E-state index in [1.54, 1.807) is 0 Å². The van der Waals surface area contributed by atoms with Crippen LogP contribution >= 0.6 is 0 Å². The molecule has 3 nitrogen and oxygen atoms in total. The molecule has 40 valence electrons. The Bertz CT molecular complexity index is 67.3. The number of hydrogen-bond acceptors (Lipinski definition) is 2. The number of rotatable bonds is 3. The summed E-state index contributed by atoms with van der Waals surface area (Å²) in [6.07, 6.45) is 2.55. The lowest BCUT2D eigenvalue weighted by molar-refractivity contribution is -1.04. The zero-order chi connectivity index (χ0) is 5.54. The van der Waals surface area contributed by atoms with Crippen molar-refractivity contribution in [1.29, 1.82) is 0 Å². The first kappa shape index (κ1) is 6.14. The highest BCUT2D eigenvalue weighted by molar-refractivity contribution is 5.58. The van der Waals surface area contributed by atoms with Gasteiger partial charge < -0.3 is 10.1 Å². The quantitative estimate of drug-likeness (QED) is 0.150. The van der Waals surface area contributed by atoms with E-state index in [2.05, 4.69) is 4.58 Å². The van der Waals surface area contributed by atoms with Gasteiger partial charge in [-0.25, -0.2) is 0 Å². The van der Waals surface area contributed by atoms with E-state index in [1.807, 2.05) is 0 Å². The van der Waals surface area contributed by atoms with Crippen LogP contribution in [0.4, 0.5) is 0 Å². The van der Waals surface area contributed by atoms with E-state index < -0.39 is 0 Å². The van der Waals surface area contributed by atoms with Gasteiger partial charge in [-0.05, 0) is 0 Å². The Balaban J connectivity index is 2.82. The maximum Gasteiger partial charge on any atom is 0.318 e. The van der Waals surface area contributed by atoms with E-state index in [1.165, 1.54) is 0 Å². The minimum Gasteiger partial charge on any atom is -0.463 e. The van der Waals surface area contributed by atoms with Gasteiger partial charge in [0, 0.05) is 6.42 Å². The standard InChI is InChI=1S/C4H6O3/c5-3-1-2-4-7-6/h3-4H,1-2H2. The van der Waals surface area contributed by atoms with Crippen LogP contribution in [0.2, 0.25) is 0 Å². The van der Waals surface area contributed by atoms with Crippen LogP contribution in [0.1, 0.15) is 12.8 Å². The fraction of sp³-hybridized carbons (Fsp3) is 0.500. The van der Waals surface area contributed by atoms with Gasteiger partial charge in [-0.3, -0.25) is 0 Å². The Kier molecular flexibility index (Phi) is 4.51. The molecule has 0 aromatic rings. The van der Waals surface area contributed by atoms with E-state index in [0.29, 0.717) is 12.8 Å². The molecular weight excluding hydrogens is 96.0 g/mol. The predicted octanol–water partition coefficient (Wildman–Crippen LogP) is -1.02. The summed E-state index contributed by atoms with van der Waals surface area (Å²) in [5.41, 5.74) is 0. The van der Waals surface area contributed by atoms with Gasteiger partial charge in [-0.15, -0.1) is 0 Å². The van der Waals surface area contributed by atoms with Crippen LogP contribution in [0.15, 0.2) is 0 Å². The highest BCUT2D eigenvalue weighted by atomic mass is 17.1. The van der Waals surface area contributed by atoms with E-state index in [0.717, 1.165) is 12.6 Å². The lowest BCUT2D eigenvalue weighted by Gasteiger charge is -1.69. The zero-order valence-corrected chi connectivity index (χ0v) is 3.79. The Hall–Kier alpha value is -0.860. The predicted molar refractivity (Wildman–Crippen MR) is 21.4 cm³/mol. The first-order chi connectivity index (χ1) is 3.41. The second-order valence-electron chi connectivity index (χ2n) is 1.01. The maximum atomic E-state index is 9.50. The largest absolute Gasteiger partial charge is 0.463 e. The molecule has 0 aromatic heterocycles. The summed E-state index contributed by atoms with van der Waals surface area (Å²) in [6, 6.07) is 0. The van der Waals surface area contributed by atoms with Gasteiger partial charge in [0.1, 0.15) is 6.29 Å². The molecule has 0 fully saturated rings. The van der Waals surface area contributed by atoms with Crippen molar-refractivity contribution < 1.29 is 14.6 Å². The fourth-order valence-electron chi connectivity index (χ4n) is 0.184. The smallest absolute Gasteiger partial charge is 0.318 e. The van der Waals surface area contributed by atoms with Crippen molar-refractivity contribution >= 4 is 12.6 Å². The summed E-state index contributed by atoms with van der Waals surface area (Å²) in [4.78, 5) is 9.50. The van der Waals surface area contributed by atoms with Crippen molar-refractivity contribution in [2.75, 3.05) is 0 Å². The fourth-order valence-corrected chi connectivity index (χ4v) is 0.184. The van der Waals surface area contributed by atoms with Gasteiger partial charge in [0.2, 0.25) is 0 Å². The summed E-state index contributed by atoms with van der Waals surface area (Å²) in [6.45, 7) is 0. The van der Waals surface area contributed by atoms with Gasteiger partial charge in [-0.1, -0.05) is 0 Å². The van der Waals surface area contributed by atoms with Gasteiger partial charge in [-0.2, -0.15) is 4.58 Å². The highest BCUT2D eigenvalue weighted by Crippen LogP contribution is 1.73. The van der Waals surface area contributed by atoms with Gasteiger partial charge >= 0.3 is 6.29 Å². The molecular formula is C4H6O3. The van der Waals surface area contributed by atoms with Crippen molar-refractivity contribution in [3.8, 4) is 0 Å². The van der Waals surface area contributed by atoms with Crippen molar-refractivity contribution in [3.63, 3.8) is 0 Å². The number of unbranched alkanes of at least 4 members (excludes halogenated alkanes) is 1. The average Bonchev–Trinajstić information content (AvgIpc) is 1.69. The third-order valence-electron chi connectivity index (χ3n) is 0.470. The molecule has 0 aromatic carbocycles.